The molecule has 0 fully saturated rings. The second kappa shape index (κ2) is 4.79. The van der Waals surface area contributed by atoms with E-state index in [4.69, 9.17) is 4.74 Å². The first-order valence-corrected chi connectivity index (χ1v) is 6.96. The predicted molar refractivity (Wildman–Crippen MR) is 73.0 cm³/mol. The van der Waals surface area contributed by atoms with Crippen LogP contribution in [0.15, 0.2) is 12.1 Å². The standard InChI is InChI=1S/C16H18O4/c1-8-3-9-5-12-11(6-10(9)13(17)4-8)14(18)7-15(20-2)16(12)19/h5-6,8,13,15,17H,3-4,7H2,1-2H3. The quantitative estimate of drug-likeness (QED) is 0.851. The first kappa shape index (κ1) is 13.5. The first-order valence-electron chi connectivity index (χ1n) is 6.96. The molecular weight excluding hydrogens is 256 g/mol. The summed E-state index contributed by atoms with van der Waals surface area (Å²) in [5, 5.41) is 10.2. The molecule has 3 atom stereocenters. The molecule has 0 radical (unpaired) electrons. The zero-order chi connectivity index (χ0) is 14.4. The molecular formula is C16H18O4. The molecule has 0 heterocycles. The maximum absolute atomic E-state index is 12.3. The molecule has 0 spiro atoms. The van der Waals surface area contributed by atoms with Crippen molar-refractivity contribution in [2.75, 3.05) is 7.11 Å². The summed E-state index contributed by atoms with van der Waals surface area (Å²) in [6.07, 6.45) is 0.419. The Hall–Kier alpha value is -1.52. The summed E-state index contributed by atoms with van der Waals surface area (Å²) in [6.45, 7) is 2.08. The lowest BCUT2D eigenvalue weighted by Crippen LogP contribution is -2.33. The van der Waals surface area contributed by atoms with Gasteiger partial charge < -0.3 is 9.84 Å². The third-order valence-electron chi connectivity index (χ3n) is 4.35. The van der Waals surface area contributed by atoms with E-state index in [9.17, 15) is 14.7 Å². The summed E-state index contributed by atoms with van der Waals surface area (Å²) in [4.78, 5) is 24.4. The van der Waals surface area contributed by atoms with E-state index >= 15 is 0 Å². The van der Waals surface area contributed by atoms with Crippen LogP contribution in [0.25, 0.3) is 0 Å². The maximum Gasteiger partial charge on any atom is 0.192 e. The molecule has 2 aliphatic carbocycles. The van der Waals surface area contributed by atoms with Gasteiger partial charge in [0.2, 0.25) is 0 Å². The molecule has 4 nitrogen and oxygen atoms in total. The minimum absolute atomic E-state index is 0.0833. The number of rotatable bonds is 1. The minimum atomic E-state index is -0.668. The Morgan fingerprint density at radius 2 is 1.95 bits per heavy atom. The number of ether oxygens (including phenoxy) is 1. The first-order chi connectivity index (χ1) is 9.51. The number of methoxy groups -OCH3 is 1. The van der Waals surface area contributed by atoms with Crippen LogP contribution in [0.1, 0.15) is 57.7 Å². The normalized spacial score (nSPS) is 29.1. The SMILES string of the molecule is COC1CC(=O)c2cc3c(cc2C1=O)CC(C)CC3O. The number of benzene rings is 1. The van der Waals surface area contributed by atoms with Crippen molar-refractivity contribution < 1.29 is 19.4 Å². The second-order valence-electron chi connectivity index (χ2n) is 5.87. The van der Waals surface area contributed by atoms with Gasteiger partial charge in [-0.1, -0.05) is 6.92 Å². The molecule has 1 N–H and O–H groups in total. The molecule has 1 aromatic rings. The van der Waals surface area contributed by atoms with Crippen LogP contribution in [0.5, 0.6) is 0 Å². The van der Waals surface area contributed by atoms with E-state index in [0.717, 1.165) is 17.5 Å². The minimum Gasteiger partial charge on any atom is -0.388 e. The number of Topliss-reactive ketones (excluding diaryl/α,β-unsaturated/α-hetero) is 2. The summed E-state index contributed by atoms with van der Waals surface area (Å²) in [7, 11) is 1.45. The Labute approximate surface area is 117 Å². The average Bonchev–Trinajstić information content (AvgIpc) is 2.41. The molecule has 4 heteroatoms. The maximum atomic E-state index is 12.3. The molecule has 0 aliphatic heterocycles. The number of carbonyl (C=O) groups is 2. The van der Waals surface area contributed by atoms with Crippen LogP contribution in [-0.4, -0.2) is 29.9 Å². The van der Waals surface area contributed by atoms with Crippen LogP contribution in [0.3, 0.4) is 0 Å². The number of ketones is 2. The molecule has 106 valence electrons. The zero-order valence-electron chi connectivity index (χ0n) is 11.7. The van der Waals surface area contributed by atoms with Crippen LogP contribution >= 0.6 is 0 Å². The fourth-order valence-corrected chi connectivity index (χ4v) is 3.28. The summed E-state index contributed by atoms with van der Waals surface area (Å²) in [5.41, 5.74) is 2.68. The lowest BCUT2D eigenvalue weighted by atomic mass is 9.77. The summed E-state index contributed by atoms with van der Waals surface area (Å²) >= 11 is 0. The van der Waals surface area contributed by atoms with Crippen molar-refractivity contribution in [2.24, 2.45) is 5.92 Å². The van der Waals surface area contributed by atoms with E-state index in [2.05, 4.69) is 6.92 Å². The molecule has 0 saturated heterocycles. The third kappa shape index (κ3) is 2.00. The summed E-state index contributed by atoms with van der Waals surface area (Å²) in [5.74, 6) is 0.167. The molecule has 1 aromatic carbocycles. The number of hydrogen-bond donors (Lipinski definition) is 1. The summed E-state index contributed by atoms with van der Waals surface area (Å²) < 4.78 is 5.10. The highest BCUT2D eigenvalue weighted by molar-refractivity contribution is 6.16. The van der Waals surface area contributed by atoms with Crippen molar-refractivity contribution in [3.8, 4) is 0 Å². The monoisotopic (exact) mass is 274 g/mol. The van der Waals surface area contributed by atoms with Crippen molar-refractivity contribution in [3.05, 3.63) is 34.4 Å². The van der Waals surface area contributed by atoms with Gasteiger partial charge in [-0.15, -0.1) is 0 Å². The largest absolute Gasteiger partial charge is 0.388 e. The van der Waals surface area contributed by atoms with Gasteiger partial charge in [0.1, 0.15) is 6.10 Å². The van der Waals surface area contributed by atoms with Gasteiger partial charge in [-0.25, -0.2) is 0 Å². The lowest BCUT2D eigenvalue weighted by molar-refractivity contribution is 0.0518. The van der Waals surface area contributed by atoms with Gasteiger partial charge in [-0.3, -0.25) is 9.59 Å². The molecule has 0 aromatic heterocycles. The van der Waals surface area contributed by atoms with Gasteiger partial charge in [-0.05, 0) is 42.0 Å². The van der Waals surface area contributed by atoms with Gasteiger partial charge in [0.25, 0.3) is 0 Å². The molecule has 3 unspecified atom stereocenters. The summed E-state index contributed by atoms with van der Waals surface area (Å²) in [6, 6.07) is 3.50. The Morgan fingerprint density at radius 1 is 1.20 bits per heavy atom. The lowest BCUT2D eigenvalue weighted by Gasteiger charge is -2.29. The van der Waals surface area contributed by atoms with E-state index in [-0.39, 0.29) is 18.0 Å². The Morgan fingerprint density at radius 3 is 2.65 bits per heavy atom. The zero-order valence-corrected chi connectivity index (χ0v) is 11.7. The Balaban J connectivity index is 2.13. The van der Waals surface area contributed by atoms with E-state index in [0.29, 0.717) is 23.5 Å². The molecule has 0 bridgehead atoms. The highest BCUT2D eigenvalue weighted by atomic mass is 16.5. The molecule has 20 heavy (non-hydrogen) atoms. The number of carbonyl (C=O) groups excluding carboxylic acids is 2. The van der Waals surface area contributed by atoms with Gasteiger partial charge in [0.15, 0.2) is 11.6 Å². The number of hydrogen-bond acceptors (Lipinski definition) is 4. The van der Waals surface area contributed by atoms with Crippen molar-refractivity contribution >= 4 is 11.6 Å². The van der Waals surface area contributed by atoms with Crippen LogP contribution < -0.4 is 0 Å². The smallest absolute Gasteiger partial charge is 0.192 e. The highest BCUT2D eigenvalue weighted by Gasteiger charge is 2.35. The number of aliphatic hydroxyl groups is 1. The van der Waals surface area contributed by atoms with Crippen LogP contribution in [-0.2, 0) is 11.2 Å². The fraction of sp³-hybridized carbons (Fsp3) is 0.500. The molecule has 2 aliphatic rings. The van der Waals surface area contributed by atoms with Gasteiger partial charge in [-0.2, -0.15) is 0 Å². The molecule has 0 saturated carbocycles. The van der Waals surface area contributed by atoms with Crippen molar-refractivity contribution in [2.45, 2.75) is 38.4 Å². The van der Waals surface area contributed by atoms with E-state index in [1.165, 1.54) is 7.11 Å². The van der Waals surface area contributed by atoms with Crippen molar-refractivity contribution in [1.82, 2.24) is 0 Å². The van der Waals surface area contributed by atoms with Crippen molar-refractivity contribution in [3.63, 3.8) is 0 Å². The predicted octanol–water partition coefficient (Wildman–Crippen LogP) is 2.09. The fourth-order valence-electron chi connectivity index (χ4n) is 3.28. The van der Waals surface area contributed by atoms with Crippen LogP contribution in [0, 0.1) is 5.92 Å². The number of aliphatic hydroxyl groups excluding tert-OH is 1. The van der Waals surface area contributed by atoms with Gasteiger partial charge >= 0.3 is 0 Å². The van der Waals surface area contributed by atoms with Gasteiger partial charge in [0, 0.05) is 24.7 Å². The van der Waals surface area contributed by atoms with Crippen LogP contribution in [0.2, 0.25) is 0 Å². The molecule has 0 amide bonds. The second-order valence-corrected chi connectivity index (χ2v) is 5.87. The average molecular weight is 274 g/mol. The van der Waals surface area contributed by atoms with E-state index < -0.39 is 12.2 Å². The van der Waals surface area contributed by atoms with Crippen LogP contribution in [0.4, 0.5) is 0 Å². The van der Waals surface area contributed by atoms with Crippen molar-refractivity contribution in [1.29, 1.82) is 0 Å². The third-order valence-corrected chi connectivity index (χ3v) is 4.35. The highest BCUT2D eigenvalue weighted by Crippen LogP contribution is 2.36. The Kier molecular flexibility index (Phi) is 3.22. The van der Waals surface area contributed by atoms with Gasteiger partial charge in [0.05, 0.1) is 6.10 Å². The van der Waals surface area contributed by atoms with E-state index in [1.807, 2.05) is 0 Å². The van der Waals surface area contributed by atoms with E-state index in [1.54, 1.807) is 12.1 Å². The number of fused-ring (bicyclic) bond motifs is 2. The Bertz CT molecular complexity index is 590. The topological polar surface area (TPSA) is 63.6 Å². The molecule has 3 rings (SSSR count).